The number of nitrogens with one attached hydrogen (secondary N) is 1. The van der Waals surface area contributed by atoms with E-state index >= 15 is 4.39 Å². The van der Waals surface area contributed by atoms with Crippen LogP contribution in [0.5, 0.6) is 0 Å². The highest BCUT2D eigenvalue weighted by Gasteiger charge is 2.75. The first-order chi connectivity index (χ1) is 24.2. The van der Waals surface area contributed by atoms with E-state index in [1.54, 1.807) is 13.8 Å². The average Bonchev–Trinajstić information content (AvgIpc) is 3.26. The number of aliphatic hydroxyl groups excluding tert-OH is 2. The number of aliphatic hydroxyl groups is 2. The molecular formula is C32H46FN3O16. The van der Waals surface area contributed by atoms with Crippen LogP contribution in [-0.4, -0.2) is 126 Å². The van der Waals surface area contributed by atoms with E-state index in [4.69, 9.17) is 30.3 Å². The van der Waals surface area contributed by atoms with E-state index in [0.29, 0.717) is 12.0 Å². The van der Waals surface area contributed by atoms with Crippen LogP contribution in [0, 0.1) is 28.1 Å². The first-order valence-corrected chi connectivity index (χ1v) is 16.7. The van der Waals surface area contributed by atoms with Crippen molar-refractivity contribution in [3.05, 3.63) is 23.8 Å². The van der Waals surface area contributed by atoms with Crippen LogP contribution in [0.25, 0.3) is 0 Å². The summed E-state index contributed by atoms with van der Waals surface area (Å²) in [6, 6.07) is -1.80. The smallest absolute Gasteiger partial charge is 0.408 e. The Balaban J connectivity index is 1.33. The number of carbonyl (C=O) groups excluding carboxylic acids is 4. The third kappa shape index (κ3) is 7.77. The summed E-state index contributed by atoms with van der Waals surface area (Å²) in [5.74, 6) is -4.86. The van der Waals surface area contributed by atoms with Gasteiger partial charge in [-0.05, 0) is 75.9 Å². The number of ketones is 2. The number of fused-ring (bicyclic) bond motifs is 5. The van der Waals surface area contributed by atoms with Crippen molar-refractivity contribution >= 4 is 29.6 Å². The van der Waals surface area contributed by atoms with E-state index < -0.39 is 113 Å². The Morgan fingerprint density at radius 3 is 2.35 bits per heavy atom. The van der Waals surface area contributed by atoms with Crippen LogP contribution in [0.4, 0.5) is 9.18 Å². The lowest BCUT2D eigenvalue weighted by Gasteiger charge is -2.62. The summed E-state index contributed by atoms with van der Waals surface area (Å²) >= 11 is 0. The Kier molecular flexibility index (Phi) is 12.6. The fourth-order valence-corrected chi connectivity index (χ4v) is 8.76. The molecule has 3 saturated carbocycles. The fraction of sp³-hybridized carbons (Fsp3) is 0.719. The molecule has 52 heavy (non-hydrogen) atoms. The lowest BCUT2D eigenvalue weighted by Crippen LogP contribution is -2.68. The van der Waals surface area contributed by atoms with Gasteiger partial charge in [0.05, 0.1) is 28.4 Å². The predicted molar refractivity (Wildman–Crippen MR) is 165 cm³/mol. The summed E-state index contributed by atoms with van der Waals surface area (Å²) in [6.07, 6.45) is -1.17. The maximum atomic E-state index is 17.4. The molecule has 19 nitrogen and oxygen atoms in total. The molecule has 4 rings (SSSR count). The number of esters is 1. The molecule has 8 N–H and O–H groups in total. The molecule has 0 aliphatic heterocycles. The molecule has 10 atom stereocenters. The number of allylic oxidation sites excluding steroid dienone is 4. The molecule has 0 aromatic heterocycles. The van der Waals surface area contributed by atoms with Gasteiger partial charge in [-0.25, -0.2) is 23.7 Å². The maximum Gasteiger partial charge on any atom is 0.408 e. The van der Waals surface area contributed by atoms with Crippen LogP contribution in [0.1, 0.15) is 65.7 Å². The molecule has 0 aromatic carbocycles. The van der Waals surface area contributed by atoms with Crippen molar-refractivity contribution in [2.75, 3.05) is 19.8 Å². The molecular weight excluding hydrogens is 701 g/mol. The van der Waals surface area contributed by atoms with Crippen LogP contribution in [0.15, 0.2) is 23.8 Å². The van der Waals surface area contributed by atoms with Gasteiger partial charge in [0.2, 0.25) is 0 Å². The van der Waals surface area contributed by atoms with Crippen LogP contribution in [0.3, 0.4) is 0 Å². The normalized spacial score (nSPS) is 34.8. The lowest BCUT2D eigenvalue weighted by molar-refractivity contribution is -0.527. The van der Waals surface area contributed by atoms with E-state index in [1.807, 2.05) is 5.32 Å². The maximum absolute atomic E-state index is 17.4. The second-order valence-corrected chi connectivity index (χ2v) is 14.4. The Morgan fingerprint density at radius 2 is 1.71 bits per heavy atom. The number of hydrogen-bond donors (Lipinski definition) is 8. The minimum absolute atomic E-state index is 0.0309. The molecule has 3 unspecified atom stereocenters. The van der Waals surface area contributed by atoms with Gasteiger partial charge in [0.1, 0.15) is 19.3 Å². The van der Waals surface area contributed by atoms with Gasteiger partial charge in [-0.1, -0.05) is 18.6 Å². The van der Waals surface area contributed by atoms with Crippen molar-refractivity contribution in [2.45, 2.75) is 95.7 Å². The van der Waals surface area contributed by atoms with Crippen molar-refractivity contribution in [2.24, 2.45) is 28.1 Å². The van der Waals surface area contributed by atoms with Crippen LogP contribution < -0.4 is 5.32 Å². The Morgan fingerprint density at radius 1 is 1.02 bits per heavy atom. The van der Waals surface area contributed by atoms with Gasteiger partial charge in [-0.2, -0.15) is 0 Å². The summed E-state index contributed by atoms with van der Waals surface area (Å²) in [4.78, 5) is 71.2. The number of halogens is 1. The Labute approximate surface area is 296 Å². The van der Waals surface area contributed by atoms with Gasteiger partial charge < -0.3 is 30.1 Å². The predicted octanol–water partition coefficient (Wildman–Crippen LogP) is 1.19. The van der Waals surface area contributed by atoms with E-state index in [2.05, 4.69) is 9.68 Å². The monoisotopic (exact) mass is 747 g/mol. The van der Waals surface area contributed by atoms with Crippen molar-refractivity contribution in [3.8, 4) is 0 Å². The second kappa shape index (κ2) is 15.9. The van der Waals surface area contributed by atoms with Gasteiger partial charge in [0.25, 0.3) is 0 Å². The van der Waals surface area contributed by atoms with E-state index in [1.165, 1.54) is 25.2 Å². The number of rotatable bonds is 16. The first kappa shape index (κ1) is 41.3. The summed E-state index contributed by atoms with van der Waals surface area (Å²) < 4.78 is 27.3. The molecule has 0 heterocycles. The standard InChI is InChI=1S/C32H46FN3O16/c1-29-10-9-18(37)11-17(29)7-8-20-21-12-23(38)31(3,30(21,2)13-24(39)32(20,29)33)25(40)16-50-28(44)34-22(27(42)43)15-49-26(41)6-4-5-19(52-36(47)48)14-51-35(45)46/h9-11,19-24,38-39,45-48H,4-8,12-16H2,1-3H3,(H,34,44)(H,42,43)/t19?,20-,21-,22?,23+,24-,29-,30-,31?,32-/m0/s1. The number of aliphatic carboxylic acids is 1. The fourth-order valence-electron chi connectivity index (χ4n) is 8.76. The Hall–Kier alpha value is -3.44. The zero-order valence-corrected chi connectivity index (χ0v) is 28.8. The average molecular weight is 748 g/mol. The van der Waals surface area contributed by atoms with Gasteiger partial charge in [-0.15, -0.1) is 0 Å². The quantitative estimate of drug-likeness (QED) is 0.0813. The Bertz CT molecular complexity index is 1460. The van der Waals surface area contributed by atoms with Crippen LogP contribution in [0.2, 0.25) is 0 Å². The van der Waals surface area contributed by atoms with Crippen molar-refractivity contribution in [1.29, 1.82) is 0 Å². The molecule has 0 saturated heterocycles. The zero-order chi connectivity index (χ0) is 38.8. The number of Topliss-reactive ketones (excluding diaryl/α,β-unsaturated/α-hetero) is 1. The van der Waals surface area contributed by atoms with Gasteiger partial charge in [-0.3, -0.25) is 35.2 Å². The number of carboxylic acid groups (broad SMARTS) is 1. The molecule has 292 valence electrons. The van der Waals surface area contributed by atoms with Crippen molar-refractivity contribution < 1.29 is 83.7 Å². The number of alkyl carbamates (subject to hydrolysis) is 1. The van der Waals surface area contributed by atoms with Crippen LogP contribution >= 0.6 is 0 Å². The zero-order valence-electron chi connectivity index (χ0n) is 28.8. The summed E-state index contributed by atoms with van der Waals surface area (Å²) in [6.45, 7) is 2.50. The number of ether oxygens (including phenoxy) is 2. The third-order valence-corrected chi connectivity index (χ3v) is 11.8. The molecule has 1 amide bonds. The van der Waals surface area contributed by atoms with Gasteiger partial charge >= 0.3 is 18.0 Å². The number of amides is 1. The number of nitrogens with zero attached hydrogens (tertiary/aromatic N) is 2. The SMILES string of the molecule is CC1(C(=O)COC(=O)NC(COC(=O)CCCC(CON(O)O)ON(O)O)C(=O)O)[C@H](O)C[C@H]2[C@@H]3CCC4=CC(=O)C=C[C@]4(C)[C@@]3(F)[C@@H](O)C[C@@]21C. The van der Waals surface area contributed by atoms with E-state index in [0.717, 1.165) is 0 Å². The molecule has 4 aliphatic rings. The van der Waals surface area contributed by atoms with Crippen molar-refractivity contribution in [3.63, 3.8) is 0 Å². The van der Waals surface area contributed by atoms with Gasteiger partial charge in [0.15, 0.2) is 29.9 Å². The number of carboxylic acids is 1. The summed E-state index contributed by atoms with van der Waals surface area (Å²) in [5, 5.41) is 67.9. The van der Waals surface area contributed by atoms with E-state index in [-0.39, 0.29) is 44.3 Å². The molecule has 0 bridgehead atoms. The number of alkyl halides is 1. The molecule has 0 spiro atoms. The number of hydrogen-bond acceptors (Lipinski definition) is 17. The lowest BCUT2D eigenvalue weighted by atomic mass is 9.43. The largest absolute Gasteiger partial charge is 0.480 e. The molecule has 20 heteroatoms. The summed E-state index contributed by atoms with van der Waals surface area (Å²) in [7, 11) is 0. The molecule has 0 aromatic rings. The highest BCUT2D eigenvalue weighted by atomic mass is 19.1. The number of carbonyl (C=O) groups is 5. The highest BCUT2D eigenvalue weighted by Crippen LogP contribution is 2.71. The molecule has 4 aliphatic carbocycles. The first-order valence-electron chi connectivity index (χ1n) is 16.7. The highest BCUT2D eigenvalue weighted by molar-refractivity contribution is 6.01. The summed E-state index contributed by atoms with van der Waals surface area (Å²) in [5.41, 5.74) is -5.61. The minimum atomic E-state index is -2.19. The minimum Gasteiger partial charge on any atom is -0.480 e. The topological polar surface area (TPSA) is 282 Å². The van der Waals surface area contributed by atoms with Gasteiger partial charge in [0, 0.05) is 17.8 Å². The molecule has 0 radical (unpaired) electrons. The molecule has 3 fully saturated rings. The van der Waals surface area contributed by atoms with Crippen LogP contribution in [-0.2, 0) is 38.3 Å². The van der Waals surface area contributed by atoms with Crippen molar-refractivity contribution in [1.82, 2.24) is 16.1 Å². The third-order valence-electron chi connectivity index (χ3n) is 11.8. The second-order valence-electron chi connectivity index (χ2n) is 14.4. The van der Waals surface area contributed by atoms with E-state index in [9.17, 15) is 39.3 Å².